The number of nitrogens with zero attached hydrogens (tertiary/aromatic N) is 1. The minimum absolute atomic E-state index is 0.0959. The summed E-state index contributed by atoms with van der Waals surface area (Å²) in [5.74, 6) is 0.264. The van der Waals surface area contributed by atoms with E-state index in [4.69, 9.17) is 0 Å². The molecule has 0 aromatic heterocycles. The van der Waals surface area contributed by atoms with Crippen LogP contribution in [-0.2, 0) is 4.79 Å². The van der Waals surface area contributed by atoms with E-state index in [-0.39, 0.29) is 11.4 Å². The van der Waals surface area contributed by atoms with E-state index in [0.29, 0.717) is 6.42 Å². The summed E-state index contributed by atoms with van der Waals surface area (Å²) in [7, 11) is 0. The Morgan fingerprint density at radius 1 is 1.50 bits per heavy atom. The van der Waals surface area contributed by atoms with Gasteiger partial charge in [0, 0.05) is 31.6 Å². The van der Waals surface area contributed by atoms with Gasteiger partial charge in [-0.25, -0.2) is 0 Å². The molecule has 3 heteroatoms. The van der Waals surface area contributed by atoms with Gasteiger partial charge >= 0.3 is 0 Å². The molecule has 1 heterocycles. The van der Waals surface area contributed by atoms with Crippen molar-refractivity contribution in [3.05, 3.63) is 11.6 Å². The molecule has 0 aromatic carbocycles. The van der Waals surface area contributed by atoms with Gasteiger partial charge in [0.25, 0.3) is 0 Å². The van der Waals surface area contributed by atoms with Crippen molar-refractivity contribution in [1.29, 1.82) is 0 Å². The van der Waals surface area contributed by atoms with Crippen LogP contribution in [0.3, 0.4) is 0 Å². The average molecular weight is 224 g/mol. The number of carbonyl (C=O) groups excluding carboxylic acids is 1. The van der Waals surface area contributed by atoms with Crippen LogP contribution in [0.15, 0.2) is 11.6 Å². The van der Waals surface area contributed by atoms with E-state index in [0.717, 1.165) is 26.1 Å². The zero-order valence-electron chi connectivity index (χ0n) is 11.0. The Balaban J connectivity index is 2.26. The highest BCUT2D eigenvalue weighted by Crippen LogP contribution is 2.10. The van der Waals surface area contributed by atoms with Crippen molar-refractivity contribution in [2.24, 2.45) is 0 Å². The summed E-state index contributed by atoms with van der Waals surface area (Å²) in [4.78, 5) is 13.8. The van der Waals surface area contributed by atoms with Crippen molar-refractivity contribution in [2.75, 3.05) is 19.6 Å². The standard InChI is InChI=1S/C13H24N2O/c1-11-6-9-15(10-7-11)12(16)5-8-14-13(2,3)4/h6,14H,5,7-10H2,1-4H3. The van der Waals surface area contributed by atoms with Crippen molar-refractivity contribution >= 4 is 5.91 Å². The van der Waals surface area contributed by atoms with E-state index >= 15 is 0 Å². The first kappa shape index (κ1) is 13.2. The van der Waals surface area contributed by atoms with Crippen LogP contribution in [-0.4, -0.2) is 36.0 Å². The molecule has 3 nitrogen and oxygen atoms in total. The summed E-state index contributed by atoms with van der Waals surface area (Å²) in [6, 6.07) is 0. The van der Waals surface area contributed by atoms with Gasteiger partial charge in [-0.1, -0.05) is 11.6 Å². The Morgan fingerprint density at radius 2 is 2.19 bits per heavy atom. The Bertz CT molecular complexity index is 276. The quantitative estimate of drug-likeness (QED) is 0.743. The van der Waals surface area contributed by atoms with E-state index < -0.39 is 0 Å². The number of amides is 1. The van der Waals surface area contributed by atoms with Crippen LogP contribution < -0.4 is 5.32 Å². The van der Waals surface area contributed by atoms with E-state index in [2.05, 4.69) is 39.1 Å². The lowest BCUT2D eigenvalue weighted by Crippen LogP contribution is -2.40. The van der Waals surface area contributed by atoms with Gasteiger partial charge < -0.3 is 10.2 Å². The van der Waals surface area contributed by atoms with E-state index in [1.807, 2.05) is 4.90 Å². The minimum Gasteiger partial charge on any atom is -0.339 e. The number of hydrogen-bond acceptors (Lipinski definition) is 2. The van der Waals surface area contributed by atoms with Crippen molar-refractivity contribution < 1.29 is 4.79 Å². The Kier molecular flexibility index (Phi) is 4.54. The van der Waals surface area contributed by atoms with Crippen molar-refractivity contribution in [2.45, 2.75) is 46.1 Å². The molecule has 1 amide bonds. The lowest BCUT2D eigenvalue weighted by Gasteiger charge is -2.26. The summed E-state index contributed by atoms with van der Waals surface area (Å²) in [6.45, 7) is 10.9. The van der Waals surface area contributed by atoms with Crippen LogP contribution in [0.25, 0.3) is 0 Å². The Labute approximate surface area is 98.9 Å². The lowest BCUT2D eigenvalue weighted by atomic mass is 10.1. The molecule has 16 heavy (non-hydrogen) atoms. The van der Waals surface area contributed by atoms with E-state index in [9.17, 15) is 4.79 Å². The molecule has 1 aliphatic heterocycles. The Hall–Kier alpha value is -0.830. The smallest absolute Gasteiger partial charge is 0.224 e. The van der Waals surface area contributed by atoms with Gasteiger partial charge in [-0.3, -0.25) is 4.79 Å². The first-order chi connectivity index (χ1) is 7.38. The highest BCUT2D eigenvalue weighted by molar-refractivity contribution is 5.76. The summed E-state index contributed by atoms with van der Waals surface area (Å²) in [6.07, 6.45) is 3.78. The zero-order valence-corrected chi connectivity index (χ0v) is 11.0. The highest BCUT2D eigenvalue weighted by atomic mass is 16.2. The fraction of sp³-hybridized carbons (Fsp3) is 0.769. The maximum absolute atomic E-state index is 11.8. The van der Waals surface area contributed by atoms with Crippen LogP contribution in [0.5, 0.6) is 0 Å². The summed E-state index contributed by atoms with van der Waals surface area (Å²) < 4.78 is 0. The molecule has 1 N–H and O–H groups in total. The second-order valence-electron chi connectivity index (χ2n) is 5.57. The second-order valence-corrected chi connectivity index (χ2v) is 5.57. The molecule has 92 valence electrons. The van der Waals surface area contributed by atoms with Gasteiger partial charge in [0.2, 0.25) is 5.91 Å². The Morgan fingerprint density at radius 3 is 2.69 bits per heavy atom. The number of nitrogens with one attached hydrogen (secondary N) is 1. The van der Waals surface area contributed by atoms with Crippen LogP contribution in [0.1, 0.15) is 40.5 Å². The summed E-state index contributed by atoms with van der Waals surface area (Å²) >= 11 is 0. The third-order valence-corrected chi connectivity index (χ3v) is 2.78. The topological polar surface area (TPSA) is 32.3 Å². The molecule has 0 unspecified atom stereocenters. The predicted octanol–water partition coefficient (Wildman–Crippen LogP) is 1.94. The first-order valence-corrected chi connectivity index (χ1v) is 6.07. The zero-order chi connectivity index (χ0) is 12.2. The second kappa shape index (κ2) is 5.48. The molecule has 0 saturated heterocycles. The molecule has 0 aliphatic carbocycles. The van der Waals surface area contributed by atoms with Gasteiger partial charge in [-0.05, 0) is 34.1 Å². The molecular weight excluding hydrogens is 200 g/mol. The molecule has 0 radical (unpaired) electrons. The minimum atomic E-state index is 0.0959. The monoisotopic (exact) mass is 224 g/mol. The van der Waals surface area contributed by atoms with E-state index in [1.165, 1.54) is 5.57 Å². The molecule has 0 bridgehead atoms. The average Bonchev–Trinajstić information content (AvgIpc) is 2.16. The van der Waals surface area contributed by atoms with Gasteiger partial charge in [-0.2, -0.15) is 0 Å². The van der Waals surface area contributed by atoms with Gasteiger partial charge in [0.15, 0.2) is 0 Å². The van der Waals surface area contributed by atoms with Crippen LogP contribution in [0, 0.1) is 0 Å². The lowest BCUT2D eigenvalue weighted by molar-refractivity contribution is -0.130. The normalized spacial score (nSPS) is 17.2. The SMILES string of the molecule is CC1=CCN(C(=O)CCNC(C)(C)C)CC1. The summed E-state index contributed by atoms with van der Waals surface area (Å²) in [5, 5.41) is 3.34. The molecule has 0 fully saturated rings. The van der Waals surface area contributed by atoms with Crippen molar-refractivity contribution in [3.63, 3.8) is 0 Å². The van der Waals surface area contributed by atoms with Gasteiger partial charge in [-0.15, -0.1) is 0 Å². The molecule has 1 aliphatic rings. The number of rotatable bonds is 3. The molecule has 0 atom stereocenters. The number of hydrogen-bond donors (Lipinski definition) is 1. The fourth-order valence-corrected chi connectivity index (χ4v) is 1.70. The third-order valence-electron chi connectivity index (χ3n) is 2.78. The van der Waals surface area contributed by atoms with E-state index in [1.54, 1.807) is 0 Å². The van der Waals surface area contributed by atoms with Crippen molar-refractivity contribution in [1.82, 2.24) is 10.2 Å². The fourth-order valence-electron chi connectivity index (χ4n) is 1.70. The molecule has 0 spiro atoms. The summed E-state index contributed by atoms with van der Waals surface area (Å²) in [5.41, 5.74) is 1.50. The van der Waals surface area contributed by atoms with Gasteiger partial charge in [0.1, 0.15) is 0 Å². The molecule has 0 aromatic rings. The van der Waals surface area contributed by atoms with Gasteiger partial charge in [0.05, 0.1) is 0 Å². The van der Waals surface area contributed by atoms with Crippen LogP contribution in [0.4, 0.5) is 0 Å². The van der Waals surface area contributed by atoms with Crippen LogP contribution >= 0.6 is 0 Å². The highest BCUT2D eigenvalue weighted by Gasteiger charge is 2.16. The molecule has 1 rings (SSSR count). The first-order valence-electron chi connectivity index (χ1n) is 6.07. The maximum atomic E-state index is 11.8. The number of carbonyl (C=O) groups is 1. The predicted molar refractivity (Wildman–Crippen MR) is 67.3 cm³/mol. The van der Waals surface area contributed by atoms with Crippen molar-refractivity contribution in [3.8, 4) is 0 Å². The largest absolute Gasteiger partial charge is 0.339 e. The van der Waals surface area contributed by atoms with Crippen LogP contribution in [0.2, 0.25) is 0 Å². The third kappa shape index (κ3) is 4.79. The maximum Gasteiger partial charge on any atom is 0.224 e. The molecular formula is C13H24N2O. The molecule has 0 saturated carbocycles.